The van der Waals surface area contributed by atoms with Gasteiger partial charge in [-0.05, 0) is 66.6 Å². The number of thiazole rings is 1. The van der Waals surface area contributed by atoms with Gasteiger partial charge in [0.15, 0.2) is 0 Å². The van der Waals surface area contributed by atoms with Crippen molar-refractivity contribution in [3.8, 4) is 10.6 Å². The van der Waals surface area contributed by atoms with Crippen molar-refractivity contribution in [1.29, 1.82) is 0 Å². The number of fused-ring (bicyclic) bond motifs is 1. The van der Waals surface area contributed by atoms with Crippen LogP contribution in [0.2, 0.25) is 5.02 Å². The molecule has 140 valence electrons. The molecule has 2 amide bonds. The lowest BCUT2D eigenvalue weighted by Gasteiger charge is -2.08. The fourth-order valence-corrected chi connectivity index (χ4v) is 4.14. The van der Waals surface area contributed by atoms with E-state index in [0.29, 0.717) is 11.6 Å². The Hall–Kier alpha value is -2.89. The van der Waals surface area contributed by atoms with Crippen LogP contribution in [0.1, 0.15) is 11.1 Å². The fraction of sp³-hybridized carbons (Fsp3) is 0.0909. The molecule has 6 heteroatoms. The third kappa shape index (κ3) is 4.32. The molecule has 3 aromatic carbocycles. The molecule has 0 aliphatic heterocycles. The number of carbonyl (C=O) groups is 1. The van der Waals surface area contributed by atoms with E-state index in [1.807, 2.05) is 48.5 Å². The number of nitrogens with one attached hydrogen (secondary N) is 2. The van der Waals surface area contributed by atoms with Crippen molar-refractivity contribution in [3.63, 3.8) is 0 Å². The molecule has 0 atom stereocenters. The van der Waals surface area contributed by atoms with Gasteiger partial charge in [0.1, 0.15) is 5.01 Å². The van der Waals surface area contributed by atoms with Crippen LogP contribution in [0.15, 0.2) is 66.7 Å². The SMILES string of the molecule is Cc1ccc2nc(-c3ccc(NC(=O)NCc4cccc(Cl)c4)cc3)sc2c1. The first-order chi connectivity index (χ1) is 13.6. The monoisotopic (exact) mass is 407 g/mol. The van der Waals surface area contributed by atoms with Crippen LogP contribution in [0.3, 0.4) is 0 Å². The van der Waals surface area contributed by atoms with E-state index >= 15 is 0 Å². The minimum absolute atomic E-state index is 0.261. The van der Waals surface area contributed by atoms with Crippen molar-refractivity contribution >= 4 is 44.9 Å². The quantitative estimate of drug-likeness (QED) is 0.420. The van der Waals surface area contributed by atoms with Gasteiger partial charge in [-0.3, -0.25) is 0 Å². The van der Waals surface area contributed by atoms with Gasteiger partial charge in [-0.1, -0.05) is 29.8 Å². The van der Waals surface area contributed by atoms with Crippen molar-refractivity contribution in [1.82, 2.24) is 10.3 Å². The van der Waals surface area contributed by atoms with Gasteiger partial charge in [0, 0.05) is 22.8 Å². The van der Waals surface area contributed by atoms with Gasteiger partial charge in [-0.15, -0.1) is 11.3 Å². The number of nitrogens with zero attached hydrogens (tertiary/aromatic N) is 1. The largest absolute Gasteiger partial charge is 0.334 e. The number of rotatable bonds is 4. The Morgan fingerprint density at radius 3 is 2.68 bits per heavy atom. The van der Waals surface area contributed by atoms with E-state index in [2.05, 4.69) is 29.7 Å². The summed E-state index contributed by atoms with van der Waals surface area (Å²) in [4.78, 5) is 16.8. The third-order valence-corrected chi connectivity index (χ3v) is 5.58. The summed E-state index contributed by atoms with van der Waals surface area (Å²) in [7, 11) is 0. The van der Waals surface area contributed by atoms with Crippen LogP contribution >= 0.6 is 22.9 Å². The van der Waals surface area contributed by atoms with Crippen molar-refractivity contribution in [2.24, 2.45) is 0 Å². The number of hydrogen-bond donors (Lipinski definition) is 2. The highest BCUT2D eigenvalue weighted by Crippen LogP contribution is 2.31. The maximum Gasteiger partial charge on any atom is 0.319 e. The number of anilines is 1. The predicted molar refractivity (Wildman–Crippen MR) is 117 cm³/mol. The van der Waals surface area contributed by atoms with Gasteiger partial charge in [-0.2, -0.15) is 0 Å². The lowest BCUT2D eigenvalue weighted by atomic mass is 10.2. The highest BCUT2D eigenvalue weighted by Gasteiger charge is 2.07. The van der Waals surface area contributed by atoms with Crippen LogP contribution in [-0.4, -0.2) is 11.0 Å². The summed E-state index contributed by atoms with van der Waals surface area (Å²) in [6.07, 6.45) is 0. The van der Waals surface area contributed by atoms with Gasteiger partial charge in [-0.25, -0.2) is 9.78 Å². The number of hydrogen-bond acceptors (Lipinski definition) is 3. The molecule has 0 aliphatic rings. The summed E-state index contributed by atoms with van der Waals surface area (Å²) >= 11 is 7.63. The summed E-state index contributed by atoms with van der Waals surface area (Å²) in [5, 5.41) is 7.29. The van der Waals surface area contributed by atoms with Crippen molar-refractivity contribution in [2.45, 2.75) is 13.5 Å². The molecule has 4 nitrogen and oxygen atoms in total. The third-order valence-electron chi connectivity index (χ3n) is 4.28. The molecule has 0 aliphatic carbocycles. The van der Waals surface area contributed by atoms with Crippen LogP contribution in [0, 0.1) is 6.92 Å². The van der Waals surface area contributed by atoms with E-state index in [9.17, 15) is 4.79 Å². The van der Waals surface area contributed by atoms with Gasteiger partial charge >= 0.3 is 6.03 Å². The zero-order valence-corrected chi connectivity index (χ0v) is 16.8. The van der Waals surface area contributed by atoms with Crippen LogP contribution in [-0.2, 0) is 6.54 Å². The molecular formula is C22H18ClN3OS. The first-order valence-electron chi connectivity index (χ1n) is 8.84. The highest BCUT2D eigenvalue weighted by molar-refractivity contribution is 7.21. The first kappa shape index (κ1) is 18.5. The first-order valence-corrected chi connectivity index (χ1v) is 10.0. The van der Waals surface area contributed by atoms with E-state index in [4.69, 9.17) is 16.6 Å². The predicted octanol–water partition coefficient (Wildman–Crippen LogP) is 6.25. The second-order valence-corrected chi connectivity index (χ2v) is 7.97. The van der Waals surface area contributed by atoms with Crippen LogP contribution in [0.4, 0.5) is 10.5 Å². The van der Waals surface area contributed by atoms with Gasteiger partial charge < -0.3 is 10.6 Å². The van der Waals surface area contributed by atoms with Crippen LogP contribution in [0.5, 0.6) is 0 Å². The number of urea groups is 1. The van der Waals surface area contributed by atoms with E-state index in [1.165, 1.54) is 10.3 Å². The minimum atomic E-state index is -0.261. The Kier molecular flexibility index (Phi) is 5.28. The normalized spacial score (nSPS) is 10.8. The number of aromatic nitrogens is 1. The molecule has 0 bridgehead atoms. The summed E-state index contributed by atoms with van der Waals surface area (Å²) in [6.45, 7) is 2.49. The zero-order chi connectivity index (χ0) is 19.5. The van der Waals surface area contributed by atoms with E-state index in [1.54, 1.807) is 17.4 Å². The average molecular weight is 408 g/mol. The summed E-state index contributed by atoms with van der Waals surface area (Å²) < 4.78 is 1.18. The van der Waals surface area contributed by atoms with Crippen molar-refractivity contribution in [2.75, 3.05) is 5.32 Å². The maximum atomic E-state index is 12.1. The Balaban J connectivity index is 1.40. The lowest BCUT2D eigenvalue weighted by molar-refractivity contribution is 0.251. The fourth-order valence-electron chi connectivity index (χ4n) is 2.86. The lowest BCUT2D eigenvalue weighted by Crippen LogP contribution is -2.28. The molecule has 28 heavy (non-hydrogen) atoms. The molecule has 0 saturated carbocycles. The maximum absolute atomic E-state index is 12.1. The molecule has 0 unspecified atom stereocenters. The molecule has 1 aromatic heterocycles. The number of aryl methyl sites for hydroxylation is 1. The molecule has 4 rings (SSSR count). The van der Waals surface area contributed by atoms with Gasteiger partial charge in [0.25, 0.3) is 0 Å². The van der Waals surface area contributed by atoms with E-state index in [0.717, 1.165) is 27.3 Å². The Labute approximate surface area is 172 Å². The van der Waals surface area contributed by atoms with E-state index < -0.39 is 0 Å². The second kappa shape index (κ2) is 8.00. The number of amides is 2. The molecule has 2 N–H and O–H groups in total. The summed E-state index contributed by atoms with van der Waals surface area (Å²) in [5.74, 6) is 0. The number of halogens is 1. The summed E-state index contributed by atoms with van der Waals surface area (Å²) in [5.41, 5.74) is 4.94. The smallest absolute Gasteiger partial charge is 0.319 e. The summed E-state index contributed by atoms with van der Waals surface area (Å²) in [6, 6.07) is 21.1. The average Bonchev–Trinajstić information content (AvgIpc) is 3.10. The number of benzene rings is 3. The molecule has 4 aromatic rings. The van der Waals surface area contributed by atoms with Crippen molar-refractivity contribution in [3.05, 3.63) is 82.9 Å². The Morgan fingerprint density at radius 1 is 1.07 bits per heavy atom. The molecule has 0 fully saturated rings. The number of carbonyl (C=O) groups excluding carboxylic acids is 1. The van der Waals surface area contributed by atoms with Crippen LogP contribution < -0.4 is 10.6 Å². The second-order valence-electron chi connectivity index (χ2n) is 6.51. The van der Waals surface area contributed by atoms with Crippen molar-refractivity contribution < 1.29 is 4.79 Å². The van der Waals surface area contributed by atoms with Gasteiger partial charge in [0.2, 0.25) is 0 Å². The Bertz CT molecular complexity index is 1140. The highest BCUT2D eigenvalue weighted by atomic mass is 35.5. The van der Waals surface area contributed by atoms with Crippen LogP contribution in [0.25, 0.3) is 20.8 Å². The Morgan fingerprint density at radius 2 is 1.89 bits per heavy atom. The molecule has 1 heterocycles. The molecule has 0 saturated heterocycles. The topological polar surface area (TPSA) is 54.0 Å². The zero-order valence-electron chi connectivity index (χ0n) is 15.2. The molecular weight excluding hydrogens is 390 g/mol. The standard InChI is InChI=1S/C22H18ClN3OS/c1-14-5-10-19-20(11-14)28-21(26-19)16-6-8-18(9-7-16)25-22(27)24-13-15-3-2-4-17(23)12-15/h2-12H,13H2,1H3,(H2,24,25,27). The van der Waals surface area contributed by atoms with E-state index in [-0.39, 0.29) is 6.03 Å². The molecule has 0 spiro atoms. The molecule has 0 radical (unpaired) electrons. The van der Waals surface area contributed by atoms with Gasteiger partial charge in [0.05, 0.1) is 10.2 Å². The minimum Gasteiger partial charge on any atom is -0.334 e.